The van der Waals surface area contributed by atoms with Crippen LogP contribution in [0.5, 0.6) is 0 Å². The van der Waals surface area contributed by atoms with Crippen molar-refractivity contribution < 1.29 is 0 Å². The van der Waals surface area contributed by atoms with Crippen LogP contribution in [0.4, 0.5) is 5.69 Å². The molecule has 3 N–H and O–H groups in total. The second-order valence-corrected chi connectivity index (χ2v) is 5.10. The normalized spacial score (nSPS) is 10.4. The minimum absolute atomic E-state index is 0.180. The molecule has 0 saturated carbocycles. The Morgan fingerprint density at radius 1 is 1.50 bits per heavy atom. The monoisotopic (exact) mass is 271 g/mol. The molecule has 0 unspecified atom stereocenters. The topological polar surface area (TPSA) is 71.8 Å². The lowest BCUT2D eigenvalue weighted by atomic mass is 10.3. The molecule has 0 saturated heterocycles. The van der Waals surface area contributed by atoms with Gasteiger partial charge in [0.25, 0.3) is 5.56 Å². The molecule has 4 nitrogen and oxygen atoms in total. The van der Waals surface area contributed by atoms with Crippen LogP contribution in [-0.2, 0) is 0 Å². The van der Waals surface area contributed by atoms with Crippen molar-refractivity contribution in [3.8, 4) is 10.6 Å². The molecule has 6 heteroatoms. The van der Waals surface area contributed by atoms with Crippen molar-refractivity contribution in [3.05, 3.63) is 32.3 Å². The Morgan fingerprint density at radius 3 is 2.86 bits per heavy atom. The second kappa shape index (κ2) is 3.55. The van der Waals surface area contributed by atoms with E-state index in [4.69, 9.17) is 5.73 Å². The second-order valence-electron chi connectivity index (χ2n) is 2.64. The molecular weight excluding hydrogens is 266 g/mol. The summed E-state index contributed by atoms with van der Waals surface area (Å²) in [4.78, 5) is 11.9. The van der Waals surface area contributed by atoms with Crippen molar-refractivity contribution in [2.45, 2.75) is 0 Å². The number of nitrogen functional groups attached to an aromatic ring is 1. The molecule has 0 aliphatic carbocycles. The minimum Gasteiger partial charge on any atom is -0.394 e. The van der Waals surface area contributed by atoms with E-state index >= 15 is 0 Å². The summed E-state index contributed by atoms with van der Waals surface area (Å²) in [7, 11) is 0. The molecule has 14 heavy (non-hydrogen) atoms. The molecule has 0 spiro atoms. The Labute approximate surface area is 91.9 Å². The van der Waals surface area contributed by atoms with Gasteiger partial charge in [0.05, 0.1) is 8.66 Å². The van der Waals surface area contributed by atoms with Gasteiger partial charge in [-0.15, -0.1) is 11.3 Å². The van der Waals surface area contributed by atoms with Gasteiger partial charge in [0.2, 0.25) is 0 Å². The number of aromatic amines is 1. The van der Waals surface area contributed by atoms with Crippen LogP contribution in [-0.4, -0.2) is 10.2 Å². The maximum atomic E-state index is 11.0. The van der Waals surface area contributed by atoms with Crippen LogP contribution in [0, 0.1) is 0 Å². The fraction of sp³-hybridized carbons (Fsp3) is 0. The molecule has 2 heterocycles. The van der Waals surface area contributed by atoms with Crippen molar-refractivity contribution in [1.29, 1.82) is 0 Å². The smallest absolute Gasteiger partial charge is 0.287 e. The number of aromatic nitrogens is 2. The number of halogens is 1. The molecule has 0 aliphatic rings. The lowest BCUT2D eigenvalue weighted by Gasteiger charge is -1.96. The van der Waals surface area contributed by atoms with Gasteiger partial charge in [0.1, 0.15) is 11.4 Å². The maximum absolute atomic E-state index is 11.0. The number of anilines is 1. The minimum atomic E-state index is -0.357. The Morgan fingerprint density at radius 2 is 2.29 bits per heavy atom. The number of hydrogen-bond acceptors (Lipinski definition) is 4. The van der Waals surface area contributed by atoms with Gasteiger partial charge >= 0.3 is 0 Å². The molecule has 2 rings (SSSR count). The molecule has 0 amide bonds. The standard InChI is InChI=1S/C8H6BrN3OS/c9-7-2-1-6(14-7)5-3-4(10)8(13)12-11-5/h1-3H,(H2,10,11)(H,12,13). The summed E-state index contributed by atoms with van der Waals surface area (Å²) < 4.78 is 1.01. The van der Waals surface area contributed by atoms with E-state index in [1.165, 1.54) is 11.3 Å². The number of nitrogens with one attached hydrogen (secondary N) is 1. The van der Waals surface area contributed by atoms with Gasteiger partial charge < -0.3 is 5.73 Å². The summed E-state index contributed by atoms with van der Waals surface area (Å²) in [6.07, 6.45) is 0. The van der Waals surface area contributed by atoms with Gasteiger partial charge in [0, 0.05) is 0 Å². The van der Waals surface area contributed by atoms with Crippen LogP contribution in [0.15, 0.2) is 26.8 Å². The summed E-state index contributed by atoms with van der Waals surface area (Å²) >= 11 is 4.88. The molecule has 0 bridgehead atoms. The Hall–Kier alpha value is -1.14. The largest absolute Gasteiger partial charge is 0.394 e. The number of nitrogens with two attached hydrogens (primary N) is 1. The first-order valence-electron chi connectivity index (χ1n) is 3.78. The van der Waals surface area contributed by atoms with E-state index in [0.29, 0.717) is 5.69 Å². The molecule has 2 aromatic heterocycles. The van der Waals surface area contributed by atoms with Crippen LogP contribution >= 0.6 is 27.3 Å². The van der Waals surface area contributed by atoms with Crippen molar-refractivity contribution in [1.82, 2.24) is 10.2 Å². The summed E-state index contributed by atoms with van der Waals surface area (Å²) in [6.45, 7) is 0. The third-order valence-electron chi connectivity index (χ3n) is 1.66. The zero-order valence-electron chi connectivity index (χ0n) is 6.95. The fourth-order valence-corrected chi connectivity index (χ4v) is 2.35. The molecule has 0 atom stereocenters. The van der Waals surface area contributed by atoms with Gasteiger partial charge in [-0.1, -0.05) is 0 Å². The van der Waals surface area contributed by atoms with Crippen molar-refractivity contribution >= 4 is 33.0 Å². The van der Waals surface area contributed by atoms with Gasteiger partial charge in [-0.3, -0.25) is 4.79 Å². The zero-order valence-corrected chi connectivity index (χ0v) is 9.35. The van der Waals surface area contributed by atoms with Gasteiger partial charge in [-0.2, -0.15) is 5.10 Å². The van der Waals surface area contributed by atoms with Crippen LogP contribution in [0.25, 0.3) is 10.6 Å². The Bertz CT molecular complexity index is 519. The van der Waals surface area contributed by atoms with Gasteiger partial charge in [0.15, 0.2) is 0 Å². The summed E-state index contributed by atoms with van der Waals surface area (Å²) in [5.74, 6) is 0. The molecule has 72 valence electrons. The molecular formula is C8H6BrN3OS. The fourth-order valence-electron chi connectivity index (χ4n) is 0.999. The average molecular weight is 272 g/mol. The summed E-state index contributed by atoms with van der Waals surface area (Å²) in [6, 6.07) is 5.40. The molecule has 0 aromatic carbocycles. The van der Waals surface area contributed by atoms with Crippen LogP contribution < -0.4 is 11.3 Å². The van der Waals surface area contributed by atoms with E-state index in [9.17, 15) is 4.79 Å². The lowest BCUT2D eigenvalue weighted by Crippen LogP contribution is -2.12. The molecule has 0 fully saturated rings. The summed E-state index contributed by atoms with van der Waals surface area (Å²) in [5.41, 5.74) is 5.98. The highest BCUT2D eigenvalue weighted by Crippen LogP contribution is 2.29. The van der Waals surface area contributed by atoms with E-state index in [1.807, 2.05) is 12.1 Å². The van der Waals surface area contributed by atoms with E-state index in [0.717, 1.165) is 8.66 Å². The predicted octanol–water partition coefficient (Wildman–Crippen LogP) is 1.84. The maximum Gasteiger partial charge on any atom is 0.287 e. The third-order valence-corrected chi connectivity index (χ3v) is 3.30. The first-order chi connectivity index (χ1) is 6.66. The highest BCUT2D eigenvalue weighted by Gasteiger charge is 2.04. The van der Waals surface area contributed by atoms with Gasteiger partial charge in [-0.05, 0) is 34.1 Å². The van der Waals surface area contributed by atoms with Crippen LogP contribution in [0.2, 0.25) is 0 Å². The Balaban J connectivity index is 2.52. The first kappa shape index (κ1) is 9.42. The van der Waals surface area contributed by atoms with Crippen molar-refractivity contribution in [2.24, 2.45) is 0 Å². The van der Waals surface area contributed by atoms with E-state index in [-0.39, 0.29) is 11.2 Å². The van der Waals surface area contributed by atoms with Crippen molar-refractivity contribution in [3.63, 3.8) is 0 Å². The lowest BCUT2D eigenvalue weighted by molar-refractivity contribution is 1.00. The highest BCUT2D eigenvalue weighted by molar-refractivity contribution is 9.11. The number of hydrogen-bond donors (Lipinski definition) is 2. The molecule has 2 aromatic rings. The van der Waals surface area contributed by atoms with Crippen LogP contribution in [0.1, 0.15) is 0 Å². The van der Waals surface area contributed by atoms with Gasteiger partial charge in [-0.25, -0.2) is 5.10 Å². The SMILES string of the molecule is Nc1cc(-c2ccc(Br)s2)n[nH]c1=O. The zero-order chi connectivity index (χ0) is 10.1. The summed E-state index contributed by atoms with van der Waals surface area (Å²) in [5, 5.41) is 6.23. The molecule has 0 radical (unpaired) electrons. The van der Waals surface area contributed by atoms with E-state index in [1.54, 1.807) is 6.07 Å². The number of thiophene rings is 1. The number of nitrogens with zero attached hydrogens (tertiary/aromatic N) is 1. The van der Waals surface area contributed by atoms with Crippen molar-refractivity contribution in [2.75, 3.05) is 5.73 Å². The van der Waals surface area contributed by atoms with Crippen LogP contribution in [0.3, 0.4) is 0 Å². The average Bonchev–Trinajstić information content (AvgIpc) is 2.57. The third kappa shape index (κ3) is 1.71. The van der Waals surface area contributed by atoms with E-state index in [2.05, 4.69) is 26.1 Å². The number of H-pyrrole nitrogens is 1. The predicted molar refractivity (Wildman–Crippen MR) is 60.3 cm³/mol. The quantitative estimate of drug-likeness (QED) is 0.832. The highest BCUT2D eigenvalue weighted by atomic mass is 79.9. The first-order valence-corrected chi connectivity index (χ1v) is 5.38. The molecule has 0 aliphatic heterocycles. The number of rotatable bonds is 1. The Kier molecular flexibility index (Phi) is 2.39. The van der Waals surface area contributed by atoms with E-state index < -0.39 is 0 Å².